The van der Waals surface area contributed by atoms with Gasteiger partial charge < -0.3 is 0 Å². The highest BCUT2D eigenvalue weighted by Gasteiger charge is 2.67. The van der Waals surface area contributed by atoms with Crippen molar-refractivity contribution < 1.29 is 4.79 Å². The van der Waals surface area contributed by atoms with Gasteiger partial charge in [0.1, 0.15) is 5.78 Å². The van der Waals surface area contributed by atoms with Crippen molar-refractivity contribution in [1.82, 2.24) is 0 Å². The summed E-state index contributed by atoms with van der Waals surface area (Å²) in [4.78, 5) is 12.2. The molecule has 4 bridgehead atoms. The zero-order valence-electron chi connectivity index (χ0n) is 10.8. The van der Waals surface area contributed by atoms with Crippen LogP contribution in [0.5, 0.6) is 0 Å². The van der Waals surface area contributed by atoms with Crippen LogP contribution in [-0.2, 0) is 4.79 Å². The zero-order chi connectivity index (χ0) is 11.7. The van der Waals surface area contributed by atoms with E-state index in [0.717, 1.165) is 18.3 Å². The van der Waals surface area contributed by atoms with Crippen molar-refractivity contribution >= 4 is 5.78 Å². The maximum atomic E-state index is 12.2. The average Bonchev–Trinajstić information content (AvgIpc) is 2.15. The van der Waals surface area contributed by atoms with E-state index in [-0.39, 0.29) is 0 Å². The molecule has 2 saturated carbocycles. The maximum Gasteiger partial charge on any atom is 0.137 e. The summed E-state index contributed by atoms with van der Waals surface area (Å²) >= 11 is 0. The number of carbonyl (C=O) groups excluding carboxylic acids is 1. The van der Waals surface area contributed by atoms with Gasteiger partial charge in [-0.25, -0.2) is 0 Å². The molecule has 5 atom stereocenters. The molecular weight excluding hydrogens is 196 g/mol. The predicted molar refractivity (Wildman–Crippen MR) is 64.9 cm³/mol. The van der Waals surface area contributed by atoms with E-state index in [1.807, 2.05) is 0 Å². The Kier molecular flexibility index (Phi) is 1.98. The predicted octanol–water partition coefficient (Wildman–Crippen LogP) is 3.45. The van der Waals surface area contributed by atoms with Crippen molar-refractivity contribution in [2.24, 2.45) is 35.0 Å². The topological polar surface area (TPSA) is 17.1 Å². The average molecular weight is 218 g/mol. The smallest absolute Gasteiger partial charge is 0.137 e. The summed E-state index contributed by atoms with van der Waals surface area (Å²) in [6.07, 6.45) is 4.48. The number of hydrogen-bond acceptors (Lipinski definition) is 1. The first-order valence-electron chi connectivity index (χ1n) is 6.66. The van der Waals surface area contributed by atoms with Gasteiger partial charge in [0.2, 0.25) is 0 Å². The monoisotopic (exact) mass is 218 g/mol. The Morgan fingerprint density at radius 1 is 1.44 bits per heavy atom. The number of hydrogen-bond donors (Lipinski definition) is 0. The van der Waals surface area contributed by atoms with E-state index in [4.69, 9.17) is 0 Å². The second-order valence-electron chi connectivity index (χ2n) is 6.76. The lowest BCUT2D eigenvalue weighted by molar-refractivity contribution is -0.187. The van der Waals surface area contributed by atoms with Crippen LogP contribution in [0.3, 0.4) is 0 Å². The van der Waals surface area contributed by atoms with E-state index in [9.17, 15) is 4.79 Å². The fraction of sp³-hybridized carbons (Fsp3) is 0.800. The van der Waals surface area contributed by atoms with Gasteiger partial charge >= 0.3 is 0 Å². The molecular formula is C15H22O. The molecule has 0 aromatic carbocycles. The molecule has 5 unspecified atom stereocenters. The van der Waals surface area contributed by atoms with Gasteiger partial charge in [-0.05, 0) is 42.4 Å². The third kappa shape index (κ3) is 1.00. The molecule has 0 saturated heterocycles. The first-order valence-corrected chi connectivity index (χ1v) is 6.66. The Hall–Kier alpha value is -0.590. The van der Waals surface area contributed by atoms with Gasteiger partial charge in [-0.1, -0.05) is 32.4 Å². The van der Waals surface area contributed by atoms with Crippen LogP contribution in [0.15, 0.2) is 11.6 Å². The largest absolute Gasteiger partial charge is 0.299 e. The lowest BCUT2D eigenvalue weighted by atomic mass is 9.34. The van der Waals surface area contributed by atoms with Crippen LogP contribution >= 0.6 is 0 Å². The van der Waals surface area contributed by atoms with Crippen molar-refractivity contribution in [3.05, 3.63) is 11.6 Å². The lowest BCUT2D eigenvalue weighted by Gasteiger charge is -2.69. The third-order valence-electron chi connectivity index (χ3n) is 5.65. The van der Waals surface area contributed by atoms with Crippen molar-refractivity contribution in [3.63, 3.8) is 0 Å². The number of Topliss-reactive ketones (excluding diaryl/α,β-unsaturated/α-hetero) is 1. The molecule has 4 aliphatic rings. The summed E-state index contributed by atoms with van der Waals surface area (Å²) in [6.45, 7) is 9.07. The highest BCUT2D eigenvalue weighted by molar-refractivity contribution is 5.85. The standard InChI is InChI=1S/C15H22O/c1-8(2)12-11(16)7-15(4)10-6-5-9(3)14(15)13(10)12/h5,8,10,12-14H,6-7H2,1-4H3. The third-order valence-corrected chi connectivity index (χ3v) is 5.65. The molecule has 0 radical (unpaired) electrons. The summed E-state index contributed by atoms with van der Waals surface area (Å²) in [5, 5.41) is 0. The lowest BCUT2D eigenvalue weighted by Crippen LogP contribution is -2.66. The Labute approximate surface area is 98.3 Å². The number of carbonyl (C=O) groups is 1. The van der Waals surface area contributed by atoms with Crippen LogP contribution in [0.4, 0.5) is 0 Å². The van der Waals surface area contributed by atoms with Gasteiger partial charge in [-0.2, -0.15) is 0 Å². The molecule has 16 heavy (non-hydrogen) atoms. The molecule has 0 aromatic heterocycles. The number of fused-ring (bicyclic) bond motifs is 1. The molecule has 2 fully saturated rings. The van der Waals surface area contributed by atoms with E-state index >= 15 is 0 Å². The van der Waals surface area contributed by atoms with Crippen molar-refractivity contribution in [2.75, 3.05) is 0 Å². The minimum absolute atomic E-state index is 0.325. The van der Waals surface area contributed by atoms with Crippen LogP contribution in [-0.4, -0.2) is 5.78 Å². The van der Waals surface area contributed by atoms with Gasteiger partial charge in [-0.15, -0.1) is 0 Å². The number of rotatable bonds is 1. The van der Waals surface area contributed by atoms with Crippen LogP contribution < -0.4 is 0 Å². The van der Waals surface area contributed by atoms with Crippen LogP contribution in [0.25, 0.3) is 0 Å². The van der Waals surface area contributed by atoms with E-state index in [0.29, 0.717) is 29.0 Å². The van der Waals surface area contributed by atoms with Crippen LogP contribution in [0.2, 0.25) is 0 Å². The van der Waals surface area contributed by atoms with Crippen LogP contribution in [0.1, 0.15) is 40.5 Å². The van der Waals surface area contributed by atoms with Gasteiger partial charge in [-0.3, -0.25) is 4.79 Å². The molecule has 1 heteroatoms. The quantitative estimate of drug-likeness (QED) is 0.616. The van der Waals surface area contributed by atoms with Crippen molar-refractivity contribution in [1.29, 1.82) is 0 Å². The molecule has 1 nitrogen and oxygen atoms in total. The summed E-state index contributed by atoms with van der Waals surface area (Å²) < 4.78 is 0. The molecule has 0 aromatic rings. The molecule has 0 spiro atoms. The summed E-state index contributed by atoms with van der Waals surface area (Å²) in [6, 6.07) is 0. The van der Waals surface area contributed by atoms with Gasteiger partial charge in [0.05, 0.1) is 0 Å². The highest BCUT2D eigenvalue weighted by atomic mass is 16.1. The molecule has 88 valence electrons. The number of ketones is 1. The highest BCUT2D eigenvalue weighted by Crippen LogP contribution is 2.70. The molecule has 4 aliphatic carbocycles. The fourth-order valence-corrected chi connectivity index (χ4v) is 5.14. The first-order chi connectivity index (χ1) is 7.47. The minimum Gasteiger partial charge on any atom is -0.299 e. The Morgan fingerprint density at radius 2 is 2.12 bits per heavy atom. The van der Waals surface area contributed by atoms with Gasteiger partial charge in [0.15, 0.2) is 0 Å². The molecule has 0 aliphatic heterocycles. The summed E-state index contributed by atoms with van der Waals surface area (Å²) in [7, 11) is 0. The van der Waals surface area contributed by atoms with E-state index < -0.39 is 0 Å². The molecule has 0 amide bonds. The van der Waals surface area contributed by atoms with Crippen molar-refractivity contribution in [2.45, 2.75) is 40.5 Å². The Balaban J connectivity index is 2.01. The Morgan fingerprint density at radius 3 is 2.69 bits per heavy atom. The zero-order valence-corrected chi connectivity index (χ0v) is 10.8. The van der Waals surface area contributed by atoms with E-state index in [1.54, 1.807) is 5.57 Å². The normalized spacial score (nSPS) is 50.1. The minimum atomic E-state index is 0.325. The molecule has 0 N–H and O–H groups in total. The van der Waals surface area contributed by atoms with Gasteiger partial charge in [0.25, 0.3) is 0 Å². The van der Waals surface area contributed by atoms with E-state index in [2.05, 4.69) is 33.8 Å². The SMILES string of the molecule is CC1=CCC2C3C(C(C)C)C(=O)CC2(C)C13. The summed E-state index contributed by atoms with van der Waals surface area (Å²) in [5.74, 6) is 3.61. The van der Waals surface area contributed by atoms with Gasteiger partial charge in [0, 0.05) is 12.3 Å². The molecule has 0 heterocycles. The fourth-order valence-electron chi connectivity index (χ4n) is 5.14. The molecule has 4 rings (SSSR count). The first kappa shape index (κ1) is 10.6. The maximum absolute atomic E-state index is 12.2. The summed E-state index contributed by atoms with van der Waals surface area (Å²) in [5.41, 5.74) is 1.89. The number of allylic oxidation sites excluding steroid dienone is 2. The Bertz CT molecular complexity index is 379. The van der Waals surface area contributed by atoms with Crippen molar-refractivity contribution in [3.8, 4) is 0 Å². The van der Waals surface area contributed by atoms with E-state index in [1.165, 1.54) is 6.42 Å². The second-order valence-corrected chi connectivity index (χ2v) is 6.76. The van der Waals surface area contributed by atoms with Crippen LogP contribution in [0, 0.1) is 35.0 Å². The second kappa shape index (κ2) is 3.00.